The van der Waals surface area contributed by atoms with Crippen LogP contribution in [0.4, 0.5) is 4.39 Å². The predicted molar refractivity (Wildman–Crippen MR) is 72.9 cm³/mol. The van der Waals surface area contributed by atoms with E-state index in [0.29, 0.717) is 11.4 Å². The topological polar surface area (TPSA) is 29.9 Å². The van der Waals surface area contributed by atoms with E-state index in [4.69, 9.17) is 17.0 Å². The van der Waals surface area contributed by atoms with Gasteiger partial charge in [0.2, 0.25) is 0 Å². The van der Waals surface area contributed by atoms with Crippen molar-refractivity contribution in [2.24, 2.45) is 0 Å². The highest BCUT2D eigenvalue weighted by atomic mass is 32.1. The monoisotopic (exact) mass is 268 g/mol. The van der Waals surface area contributed by atoms with Gasteiger partial charge in [0, 0.05) is 7.11 Å². The maximum Gasteiger partial charge on any atom is 0.178 e. The summed E-state index contributed by atoms with van der Waals surface area (Å²) in [6.45, 7) is 2.69. The van der Waals surface area contributed by atoms with Crippen molar-refractivity contribution in [3.63, 3.8) is 0 Å². The molecule has 0 amide bonds. The number of nitrogens with one attached hydrogen (secondary N) is 1. The lowest BCUT2D eigenvalue weighted by molar-refractivity contribution is 0.151. The van der Waals surface area contributed by atoms with Gasteiger partial charge in [-0.2, -0.15) is 0 Å². The Morgan fingerprint density at radius 3 is 2.94 bits per heavy atom. The molecular formula is C13H17FN2OS. The fourth-order valence-corrected chi connectivity index (χ4v) is 2.63. The number of imidazole rings is 1. The van der Waals surface area contributed by atoms with E-state index in [1.807, 2.05) is 4.57 Å². The molecule has 0 aliphatic heterocycles. The molecule has 1 atom stereocenters. The van der Waals surface area contributed by atoms with Gasteiger partial charge in [0.1, 0.15) is 5.82 Å². The number of methoxy groups -OCH3 is 1. The van der Waals surface area contributed by atoms with Gasteiger partial charge in [0.25, 0.3) is 0 Å². The summed E-state index contributed by atoms with van der Waals surface area (Å²) in [4.78, 5) is 3.11. The molecule has 0 bridgehead atoms. The van der Waals surface area contributed by atoms with Gasteiger partial charge >= 0.3 is 0 Å². The summed E-state index contributed by atoms with van der Waals surface area (Å²) in [5, 5.41) is 0. The fraction of sp³-hybridized carbons (Fsp3) is 0.462. The predicted octanol–water partition coefficient (Wildman–Crippen LogP) is 3.83. The molecular weight excluding hydrogens is 251 g/mol. The van der Waals surface area contributed by atoms with Crippen molar-refractivity contribution in [1.29, 1.82) is 0 Å². The quantitative estimate of drug-likeness (QED) is 0.835. The summed E-state index contributed by atoms with van der Waals surface area (Å²) in [7, 11) is 1.67. The van der Waals surface area contributed by atoms with E-state index >= 15 is 0 Å². The first-order valence-corrected chi connectivity index (χ1v) is 6.47. The van der Waals surface area contributed by atoms with Crippen molar-refractivity contribution in [1.82, 2.24) is 9.55 Å². The third-order valence-electron chi connectivity index (χ3n) is 3.03. The SMILES string of the molecule is CCCC(COC)n1c(=S)[nH]c2ccc(F)cc21. The molecule has 0 aliphatic rings. The average molecular weight is 268 g/mol. The van der Waals surface area contributed by atoms with Crippen LogP contribution in [0.15, 0.2) is 18.2 Å². The first-order chi connectivity index (χ1) is 8.67. The molecule has 5 heteroatoms. The Morgan fingerprint density at radius 1 is 1.50 bits per heavy atom. The molecule has 2 aromatic rings. The second kappa shape index (κ2) is 5.63. The number of hydrogen-bond donors (Lipinski definition) is 1. The molecule has 0 fully saturated rings. The van der Waals surface area contributed by atoms with Crippen LogP contribution in [0.3, 0.4) is 0 Å². The largest absolute Gasteiger partial charge is 0.383 e. The molecule has 1 aromatic heterocycles. The van der Waals surface area contributed by atoms with Crippen molar-refractivity contribution in [2.45, 2.75) is 25.8 Å². The molecule has 1 heterocycles. The van der Waals surface area contributed by atoms with Crippen molar-refractivity contribution in [3.05, 3.63) is 28.8 Å². The molecule has 1 N–H and O–H groups in total. The number of halogens is 1. The molecule has 98 valence electrons. The normalized spacial score (nSPS) is 13.1. The third kappa shape index (κ3) is 2.47. The van der Waals surface area contributed by atoms with Gasteiger partial charge in [-0.3, -0.25) is 0 Å². The van der Waals surface area contributed by atoms with Crippen LogP contribution in [0.5, 0.6) is 0 Å². The van der Waals surface area contributed by atoms with Crippen LogP contribution in [0.25, 0.3) is 11.0 Å². The number of aromatic nitrogens is 2. The molecule has 1 aromatic carbocycles. The minimum Gasteiger partial charge on any atom is -0.383 e. The molecule has 0 radical (unpaired) electrons. The Morgan fingerprint density at radius 2 is 2.28 bits per heavy atom. The van der Waals surface area contributed by atoms with E-state index in [1.165, 1.54) is 12.1 Å². The van der Waals surface area contributed by atoms with Gasteiger partial charge in [-0.1, -0.05) is 13.3 Å². The van der Waals surface area contributed by atoms with Gasteiger partial charge in [0.05, 0.1) is 23.7 Å². The standard InChI is InChI=1S/C13H17FN2OS/c1-3-4-10(8-17-2)16-12-7-9(14)5-6-11(12)15-13(16)18/h5-7,10H,3-4,8H2,1-2H3,(H,15,18). The lowest BCUT2D eigenvalue weighted by atomic mass is 10.1. The molecule has 0 saturated heterocycles. The fourth-order valence-electron chi connectivity index (χ4n) is 2.27. The summed E-state index contributed by atoms with van der Waals surface area (Å²) in [5.41, 5.74) is 1.66. The van der Waals surface area contributed by atoms with Crippen molar-refractivity contribution in [3.8, 4) is 0 Å². The third-order valence-corrected chi connectivity index (χ3v) is 3.32. The van der Waals surface area contributed by atoms with E-state index in [2.05, 4.69) is 11.9 Å². The van der Waals surface area contributed by atoms with Gasteiger partial charge in [-0.25, -0.2) is 4.39 Å². The van der Waals surface area contributed by atoms with E-state index in [-0.39, 0.29) is 11.9 Å². The summed E-state index contributed by atoms with van der Waals surface area (Å²) in [6, 6.07) is 4.80. The zero-order valence-electron chi connectivity index (χ0n) is 10.6. The van der Waals surface area contributed by atoms with Crippen molar-refractivity contribution in [2.75, 3.05) is 13.7 Å². The average Bonchev–Trinajstić information content (AvgIpc) is 2.64. The first-order valence-electron chi connectivity index (χ1n) is 6.06. The zero-order valence-corrected chi connectivity index (χ0v) is 11.4. The summed E-state index contributed by atoms with van der Waals surface area (Å²) in [6.07, 6.45) is 1.98. The number of rotatable bonds is 5. The number of fused-ring (bicyclic) bond motifs is 1. The van der Waals surface area contributed by atoms with Crippen LogP contribution in [0.2, 0.25) is 0 Å². The lowest BCUT2D eigenvalue weighted by Crippen LogP contribution is -2.14. The molecule has 0 aliphatic carbocycles. The van der Waals surface area contributed by atoms with Gasteiger partial charge in [-0.15, -0.1) is 0 Å². The van der Waals surface area contributed by atoms with Gasteiger partial charge in [0.15, 0.2) is 4.77 Å². The van der Waals surface area contributed by atoms with Crippen LogP contribution in [0.1, 0.15) is 25.8 Å². The molecule has 2 rings (SSSR count). The molecule has 1 unspecified atom stereocenters. The minimum absolute atomic E-state index is 0.142. The molecule has 0 saturated carbocycles. The van der Waals surface area contributed by atoms with Crippen molar-refractivity contribution >= 4 is 23.3 Å². The van der Waals surface area contributed by atoms with Crippen molar-refractivity contribution < 1.29 is 9.13 Å². The first kappa shape index (κ1) is 13.2. The van der Waals surface area contributed by atoms with Crippen LogP contribution < -0.4 is 0 Å². The van der Waals surface area contributed by atoms with E-state index < -0.39 is 0 Å². The summed E-state index contributed by atoms with van der Waals surface area (Å²) >= 11 is 5.33. The molecule has 0 spiro atoms. The van der Waals surface area contributed by atoms with Crippen LogP contribution in [0, 0.1) is 10.6 Å². The van der Waals surface area contributed by atoms with E-state index in [1.54, 1.807) is 13.2 Å². The second-order valence-corrected chi connectivity index (χ2v) is 4.75. The number of hydrogen-bond acceptors (Lipinski definition) is 2. The number of H-pyrrole nitrogens is 1. The highest BCUT2D eigenvalue weighted by Crippen LogP contribution is 2.23. The minimum atomic E-state index is -0.252. The Kier molecular flexibility index (Phi) is 4.14. The smallest absolute Gasteiger partial charge is 0.178 e. The van der Waals surface area contributed by atoms with Crippen LogP contribution in [-0.2, 0) is 4.74 Å². The van der Waals surface area contributed by atoms with Gasteiger partial charge in [-0.05, 0) is 36.8 Å². The lowest BCUT2D eigenvalue weighted by Gasteiger charge is -2.18. The second-order valence-electron chi connectivity index (χ2n) is 4.36. The summed E-state index contributed by atoms with van der Waals surface area (Å²) in [5.74, 6) is -0.252. The van der Waals surface area contributed by atoms with Crippen LogP contribution >= 0.6 is 12.2 Å². The van der Waals surface area contributed by atoms with Gasteiger partial charge < -0.3 is 14.3 Å². The number of ether oxygens (including phenoxy) is 1. The Labute approximate surface area is 111 Å². The maximum absolute atomic E-state index is 13.4. The summed E-state index contributed by atoms with van der Waals surface area (Å²) < 4.78 is 21.2. The molecule has 3 nitrogen and oxygen atoms in total. The van der Waals surface area contributed by atoms with Crippen LogP contribution in [-0.4, -0.2) is 23.3 Å². The number of nitrogens with zero attached hydrogens (tertiary/aromatic N) is 1. The highest BCUT2D eigenvalue weighted by molar-refractivity contribution is 7.71. The maximum atomic E-state index is 13.4. The Hall–Kier alpha value is -1.20. The highest BCUT2D eigenvalue weighted by Gasteiger charge is 2.15. The Bertz CT molecular complexity index is 584. The van der Waals surface area contributed by atoms with E-state index in [9.17, 15) is 4.39 Å². The Balaban J connectivity index is 2.56. The zero-order chi connectivity index (χ0) is 13.1. The number of benzene rings is 1. The molecule has 18 heavy (non-hydrogen) atoms. The number of aromatic amines is 1. The van der Waals surface area contributed by atoms with E-state index in [0.717, 1.165) is 23.9 Å².